The zero-order valence-corrected chi connectivity index (χ0v) is 11.0. The van der Waals surface area contributed by atoms with Crippen LogP contribution in [-0.4, -0.2) is 36.1 Å². The second-order valence-electron chi connectivity index (χ2n) is 4.32. The fourth-order valence-corrected chi connectivity index (χ4v) is 2.00. The first-order valence-corrected chi connectivity index (χ1v) is 6.25. The van der Waals surface area contributed by atoms with Crippen LogP contribution in [-0.2, 0) is 4.79 Å². The number of carbonyl (C=O) groups excluding carboxylic acids is 1. The van der Waals surface area contributed by atoms with E-state index >= 15 is 0 Å². The molecule has 1 aromatic carbocycles. The third-order valence-corrected chi connectivity index (χ3v) is 3.04. The molecule has 0 spiro atoms. The van der Waals surface area contributed by atoms with Gasteiger partial charge in [0, 0.05) is 6.54 Å². The summed E-state index contributed by atoms with van der Waals surface area (Å²) < 4.78 is 11.4. The molecule has 1 aromatic rings. The summed E-state index contributed by atoms with van der Waals surface area (Å²) in [5.41, 5.74) is 0. The Hall–Kier alpha value is -2.22. The number of carbonyl (C=O) groups is 1. The molecule has 0 N–H and O–H groups in total. The number of nitrogens with zero attached hydrogens (tertiary/aromatic N) is 2. The Morgan fingerprint density at radius 3 is 2.58 bits per heavy atom. The Labute approximate surface area is 112 Å². The van der Waals surface area contributed by atoms with Crippen molar-refractivity contribution in [1.82, 2.24) is 4.90 Å². The van der Waals surface area contributed by atoms with E-state index in [2.05, 4.69) is 0 Å². The highest BCUT2D eigenvalue weighted by atomic mass is 16.6. The van der Waals surface area contributed by atoms with Gasteiger partial charge < -0.3 is 14.4 Å². The number of likely N-dealkylation sites (N-methyl/N-ethyl adjacent to an activating group) is 1. The first-order chi connectivity index (χ1) is 9.17. The van der Waals surface area contributed by atoms with Crippen molar-refractivity contribution in [3.05, 3.63) is 24.3 Å². The van der Waals surface area contributed by atoms with Crippen LogP contribution in [0, 0.1) is 11.3 Å². The molecule has 19 heavy (non-hydrogen) atoms. The lowest BCUT2D eigenvalue weighted by molar-refractivity contribution is -0.143. The van der Waals surface area contributed by atoms with Gasteiger partial charge in [0.05, 0.1) is 6.07 Å². The number of hydrogen-bond acceptors (Lipinski definition) is 4. The molecule has 1 heterocycles. The molecule has 2 atom stereocenters. The molecule has 0 radical (unpaired) electrons. The van der Waals surface area contributed by atoms with E-state index in [4.69, 9.17) is 14.7 Å². The summed E-state index contributed by atoms with van der Waals surface area (Å²) in [7, 11) is 0. The Morgan fingerprint density at radius 2 is 2.00 bits per heavy atom. The number of fused-ring (bicyclic) bond motifs is 1. The molecule has 0 aliphatic carbocycles. The van der Waals surface area contributed by atoms with Gasteiger partial charge in [0.1, 0.15) is 12.6 Å². The van der Waals surface area contributed by atoms with Crippen LogP contribution >= 0.6 is 0 Å². The maximum atomic E-state index is 12.3. The van der Waals surface area contributed by atoms with Crippen LogP contribution in [0.1, 0.15) is 13.8 Å². The number of ether oxygens (including phenoxy) is 2. The lowest BCUT2D eigenvalue weighted by Gasteiger charge is -2.33. The van der Waals surface area contributed by atoms with E-state index in [1.54, 1.807) is 19.1 Å². The minimum absolute atomic E-state index is 0.0591. The summed E-state index contributed by atoms with van der Waals surface area (Å²) in [6.45, 7) is 4.15. The minimum atomic E-state index is -0.705. The molecule has 5 heteroatoms. The van der Waals surface area contributed by atoms with Crippen LogP contribution in [0.25, 0.3) is 0 Å². The molecular weight excluding hydrogens is 244 g/mol. The zero-order chi connectivity index (χ0) is 13.8. The van der Waals surface area contributed by atoms with Gasteiger partial charge in [0.25, 0.3) is 5.91 Å². The van der Waals surface area contributed by atoms with Crippen molar-refractivity contribution in [1.29, 1.82) is 5.26 Å². The lowest BCUT2D eigenvalue weighted by atomic mass is 10.1. The van der Waals surface area contributed by atoms with E-state index in [1.807, 2.05) is 25.1 Å². The third-order valence-electron chi connectivity index (χ3n) is 3.04. The molecule has 0 saturated heterocycles. The number of rotatable bonds is 3. The zero-order valence-electron chi connectivity index (χ0n) is 11.0. The normalized spacial score (nSPS) is 20.5. The second-order valence-corrected chi connectivity index (χ2v) is 4.32. The van der Waals surface area contributed by atoms with E-state index in [0.717, 1.165) is 0 Å². The Bertz CT molecular complexity index is 510. The summed E-state index contributed by atoms with van der Waals surface area (Å²) in [4.78, 5) is 13.8. The second kappa shape index (κ2) is 5.61. The smallest absolute Gasteiger partial charge is 0.268 e. The highest BCUT2D eigenvalue weighted by molar-refractivity contribution is 5.82. The van der Waals surface area contributed by atoms with Crippen LogP contribution in [0.5, 0.6) is 11.5 Å². The van der Waals surface area contributed by atoms with E-state index in [1.165, 1.54) is 4.90 Å². The van der Waals surface area contributed by atoms with Gasteiger partial charge >= 0.3 is 0 Å². The van der Waals surface area contributed by atoms with E-state index in [9.17, 15) is 4.79 Å². The Morgan fingerprint density at radius 1 is 1.37 bits per heavy atom. The van der Waals surface area contributed by atoms with Crippen LogP contribution in [0.15, 0.2) is 24.3 Å². The fourth-order valence-electron chi connectivity index (χ4n) is 2.00. The lowest BCUT2D eigenvalue weighted by Crippen LogP contribution is -2.50. The van der Waals surface area contributed by atoms with E-state index < -0.39 is 6.10 Å². The molecule has 0 saturated carbocycles. The predicted octanol–water partition coefficient (Wildman–Crippen LogP) is 1.59. The molecule has 1 aliphatic heterocycles. The average Bonchev–Trinajstić information content (AvgIpc) is 2.43. The van der Waals surface area contributed by atoms with E-state index in [-0.39, 0.29) is 18.6 Å². The molecule has 0 unspecified atom stereocenters. The number of nitriles is 1. The van der Waals surface area contributed by atoms with Crippen molar-refractivity contribution in [3.63, 3.8) is 0 Å². The number of hydrogen-bond donors (Lipinski definition) is 0. The molecule has 100 valence electrons. The molecule has 5 nitrogen and oxygen atoms in total. The van der Waals surface area contributed by atoms with Gasteiger partial charge in [0.15, 0.2) is 11.5 Å². The van der Waals surface area contributed by atoms with Crippen molar-refractivity contribution in [2.75, 3.05) is 13.1 Å². The standard InChI is InChI=1S/C14H16N2O3/c1-3-16(9-8-15)14(17)13-10(2)18-11-6-4-5-7-12(11)19-13/h4-7,10,13H,3,9H2,1-2H3/t10-,13-/m0/s1. The number of amides is 1. The largest absolute Gasteiger partial charge is 0.482 e. The van der Waals surface area contributed by atoms with Crippen molar-refractivity contribution in [2.24, 2.45) is 0 Å². The van der Waals surface area contributed by atoms with Crippen molar-refractivity contribution in [3.8, 4) is 17.6 Å². The van der Waals surface area contributed by atoms with Gasteiger partial charge in [-0.05, 0) is 26.0 Å². The Balaban J connectivity index is 2.18. The quantitative estimate of drug-likeness (QED) is 0.774. The number of benzene rings is 1. The van der Waals surface area contributed by atoms with E-state index in [0.29, 0.717) is 18.0 Å². The summed E-state index contributed by atoms with van der Waals surface area (Å²) in [5.74, 6) is 0.986. The van der Waals surface area contributed by atoms with Crippen LogP contribution < -0.4 is 9.47 Å². The van der Waals surface area contributed by atoms with Gasteiger partial charge in [-0.2, -0.15) is 5.26 Å². The highest BCUT2D eigenvalue weighted by Crippen LogP contribution is 2.33. The minimum Gasteiger partial charge on any atom is -0.482 e. The van der Waals surface area contributed by atoms with Crippen molar-refractivity contribution in [2.45, 2.75) is 26.1 Å². The third kappa shape index (κ3) is 2.63. The summed E-state index contributed by atoms with van der Waals surface area (Å²) >= 11 is 0. The molecule has 2 rings (SSSR count). The first-order valence-electron chi connectivity index (χ1n) is 6.25. The average molecular weight is 260 g/mol. The fraction of sp³-hybridized carbons (Fsp3) is 0.429. The SMILES string of the molecule is CCN(CC#N)C(=O)[C@H]1Oc2ccccc2O[C@H]1C. The topological polar surface area (TPSA) is 62.6 Å². The van der Waals surface area contributed by atoms with Gasteiger partial charge in [-0.25, -0.2) is 0 Å². The maximum absolute atomic E-state index is 12.3. The van der Waals surface area contributed by atoms with Gasteiger partial charge in [-0.3, -0.25) is 4.79 Å². The van der Waals surface area contributed by atoms with Crippen molar-refractivity contribution < 1.29 is 14.3 Å². The van der Waals surface area contributed by atoms with Crippen LogP contribution in [0.2, 0.25) is 0 Å². The summed E-state index contributed by atoms with van der Waals surface area (Å²) in [6, 6.07) is 9.23. The molecule has 1 aliphatic rings. The molecule has 0 aromatic heterocycles. The van der Waals surface area contributed by atoms with Gasteiger partial charge in [-0.1, -0.05) is 12.1 Å². The first kappa shape index (κ1) is 13.2. The van der Waals surface area contributed by atoms with Gasteiger partial charge in [0.2, 0.25) is 6.10 Å². The van der Waals surface area contributed by atoms with Gasteiger partial charge in [-0.15, -0.1) is 0 Å². The molecule has 0 bridgehead atoms. The monoisotopic (exact) mass is 260 g/mol. The number of para-hydroxylation sites is 2. The molecule has 1 amide bonds. The highest BCUT2D eigenvalue weighted by Gasteiger charge is 2.36. The Kier molecular flexibility index (Phi) is 3.91. The van der Waals surface area contributed by atoms with Crippen LogP contribution in [0.3, 0.4) is 0 Å². The van der Waals surface area contributed by atoms with Crippen molar-refractivity contribution >= 4 is 5.91 Å². The molecular formula is C14H16N2O3. The summed E-state index contributed by atoms with van der Waals surface area (Å²) in [6.07, 6.45) is -1.08. The maximum Gasteiger partial charge on any atom is 0.268 e. The van der Waals surface area contributed by atoms with Crippen LogP contribution in [0.4, 0.5) is 0 Å². The molecule has 0 fully saturated rings. The summed E-state index contributed by atoms with van der Waals surface area (Å²) in [5, 5.41) is 8.72. The predicted molar refractivity (Wildman–Crippen MR) is 68.8 cm³/mol.